The second-order valence-corrected chi connectivity index (χ2v) is 6.06. The van der Waals surface area contributed by atoms with Gasteiger partial charge in [-0.1, -0.05) is 11.6 Å². The zero-order valence-corrected chi connectivity index (χ0v) is 15.0. The molecule has 3 aromatic rings. The summed E-state index contributed by atoms with van der Waals surface area (Å²) in [5.74, 6) is -6.11. The molecule has 144 valence electrons. The Bertz CT molecular complexity index is 1080. The molecule has 0 aliphatic carbocycles. The van der Waals surface area contributed by atoms with Gasteiger partial charge >= 0.3 is 0 Å². The van der Waals surface area contributed by atoms with Crippen LogP contribution in [0.5, 0.6) is 11.6 Å². The molecule has 28 heavy (non-hydrogen) atoms. The Balaban J connectivity index is 1.91. The summed E-state index contributed by atoms with van der Waals surface area (Å²) in [6.45, 7) is 1.05. The van der Waals surface area contributed by atoms with Crippen molar-refractivity contribution in [3.05, 3.63) is 82.0 Å². The van der Waals surface area contributed by atoms with Crippen molar-refractivity contribution in [1.29, 1.82) is 0 Å². The molecular weight excluding hydrogens is 400 g/mol. The number of hydrogen-bond donors (Lipinski definition) is 1. The molecule has 0 aliphatic heterocycles. The van der Waals surface area contributed by atoms with Crippen LogP contribution in [0.4, 0.5) is 23.2 Å². The first-order valence-electron chi connectivity index (χ1n) is 7.81. The number of carbonyl (C=O) groups is 1. The van der Waals surface area contributed by atoms with Crippen LogP contribution < -0.4 is 10.1 Å². The number of ether oxygens (including phenoxy) is 1. The third-order valence-corrected chi connectivity index (χ3v) is 4.03. The third kappa shape index (κ3) is 3.91. The van der Waals surface area contributed by atoms with Gasteiger partial charge in [0, 0.05) is 23.5 Å². The van der Waals surface area contributed by atoms with Crippen molar-refractivity contribution >= 4 is 23.2 Å². The molecule has 0 radical (unpaired) electrons. The van der Waals surface area contributed by atoms with Gasteiger partial charge in [-0.2, -0.15) is 0 Å². The molecule has 3 rings (SSSR count). The quantitative estimate of drug-likeness (QED) is 0.447. The Kier molecular flexibility index (Phi) is 5.51. The molecule has 1 aromatic heterocycles. The van der Waals surface area contributed by atoms with Crippen LogP contribution in [0.1, 0.15) is 15.9 Å². The van der Waals surface area contributed by atoms with Gasteiger partial charge in [0.15, 0.2) is 23.2 Å². The molecule has 0 fully saturated rings. The normalized spacial score (nSPS) is 10.6. The summed E-state index contributed by atoms with van der Waals surface area (Å²) < 4.78 is 59.6. The summed E-state index contributed by atoms with van der Waals surface area (Å²) in [6.07, 6.45) is 1.27. The van der Waals surface area contributed by atoms with Crippen molar-refractivity contribution in [2.24, 2.45) is 0 Å². The van der Waals surface area contributed by atoms with Crippen LogP contribution in [0.25, 0.3) is 0 Å². The largest absolute Gasteiger partial charge is 0.435 e. The van der Waals surface area contributed by atoms with Crippen LogP contribution in [0.15, 0.2) is 42.6 Å². The second kappa shape index (κ2) is 7.85. The van der Waals surface area contributed by atoms with E-state index in [0.29, 0.717) is 6.07 Å². The van der Waals surface area contributed by atoms with E-state index in [-0.39, 0.29) is 22.2 Å². The average Bonchev–Trinajstić information content (AvgIpc) is 2.67. The summed E-state index contributed by atoms with van der Waals surface area (Å²) >= 11 is 5.67. The lowest BCUT2D eigenvalue weighted by atomic mass is 10.2. The number of nitrogens with one attached hydrogen (secondary N) is 1. The molecule has 0 bridgehead atoms. The van der Waals surface area contributed by atoms with Gasteiger partial charge in [0.1, 0.15) is 11.4 Å². The first-order valence-corrected chi connectivity index (χ1v) is 8.19. The predicted molar refractivity (Wildman–Crippen MR) is 94.7 cm³/mol. The van der Waals surface area contributed by atoms with Crippen molar-refractivity contribution in [3.8, 4) is 11.6 Å². The molecule has 0 atom stereocenters. The number of carbonyl (C=O) groups excluding carboxylic acids is 1. The maximum absolute atomic E-state index is 14.2. The maximum atomic E-state index is 14.2. The topological polar surface area (TPSA) is 51.2 Å². The number of pyridine rings is 1. The van der Waals surface area contributed by atoms with Crippen molar-refractivity contribution in [2.45, 2.75) is 6.92 Å². The number of nitrogens with zero attached hydrogens (tertiary/aromatic N) is 1. The molecule has 2 aromatic carbocycles. The van der Waals surface area contributed by atoms with Crippen LogP contribution in [0, 0.1) is 30.2 Å². The fourth-order valence-corrected chi connectivity index (χ4v) is 2.48. The number of halogens is 5. The third-order valence-electron chi connectivity index (χ3n) is 3.74. The van der Waals surface area contributed by atoms with E-state index >= 15 is 0 Å². The van der Waals surface area contributed by atoms with Crippen LogP contribution in [-0.4, -0.2) is 10.9 Å². The Hall–Kier alpha value is -3.13. The summed E-state index contributed by atoms with van der Waals surface area (Å²) in [4.78, 5) is 16.3. The van der Waals surface area contributed by atoms with Crippen molar-refractivity contribution in [3.63, 3.8) is 0 Å². The molecule has 1 amide bonds. The number of anilines is 1. The zero-order chi connectivity index (χ0) is 20.4. The van der Waals surface area contributed by atoms with E-state index in [0.717, 1.165) is 13.0 Å². The lowest BCUT2D eigenvalue weighted by molar-refractivity contribution is 0.102. The van der Waals surface area contributed by atoms with Crippen LogP contribution >= 0.6 is 11.6 Å². The van der Waals surface area contributed by atoms with E-state index in [2.05, 4.69) is 10.3 Å². The van der Waals surface area contributed by atoms with Gasteiger partial charge in [-0.25, -0.2) is 22.5 Å². The molecule has 0 unspecified atom stereocenters. The highest BCUT2D eigenvalue weighted by Gasteiger charge is 2.20. The Morgan fingerprint density at radius 3 is 2.54 bits per heavy atom. The van der Waals surface area contributed by atoms with Gasteiger partial charge in [0.25, 0.3) is 5.91 Å². The zero-order valence-electron chi connectivity index (χ0n) is 14.2. The fraction of sp³-hybridized carbons (Fsp3) is 0.0526. The van der Waals surface area contributed by atoms with Gasteiger partial charge in [-0.15, -0.1) is 0 Å². The van der Waals surface area contributed by atoms with Gasteiger partial charge in [-0.3, -0.25) is 4.79 Å². The Morgan fingerprint density at radius 2 is 1.82 bits per heavy atom. The van der Waals surface area contributed by atoms with Crippen molar-refractivity contribution in [2.75, 3.05) is 5.32 Å². The van der Waals surface area contributed by atoms with E-state index in [9.17, 15) is 22.4 Å². The fourth-order valence-electron chi connectivity index (χ4n) is 2.30. The second-order valence-electron chi connectivity index (χ2n) is 5.65. The predicted octanol–water partition coefficient (Wildman–Crippen LogP) is 5.64. The number of rotatable bonds is 4. The standard InChI is InChI=1S/C19H11ClF4N2O2/c1-9-16(23)14(22)8-15(17(9)24)28-19-11(3-2-6-25-19)18(27)26-10-4-5-13(21)12(20)7-10/h2-8H,1H3,(H,26,27). The molecule has 0 saturated heterocycles. The smallest absolute Gasteiger partial charge is 0.261 e. The van der Waals surface area contributed by atoms with E-state index in [1.54, 1.807) is 0 Å². The monoisotopic (exact) mass is 410 g/mol. The molecule has 9 heteroatoms. The highest BCUT2D eigenvalue weighted by molar-refractivity contribution is 6.31. The lowest BCUT2D eigenvalue weighted by Crippen LogP contribution is -2.14. The van der Waals surface area contributed by atoms with Gasteiger partial charge in [0.2, 0.25) is 5.88 Å². The summed E-state index contributed by atoms with van der Waals surface area (Å²) in [7, 11) is 0. The molecule has 0 saturated carbocycles. The minimum atomic E-state index is -1.34. The molecule has 0 aliphatic rings. The van der Waals surface area contributed by atoms with E-state index in [4.69, 9.17) is 16.3 Å². The number of amides is 1. The number of benzene rings is 2. The maximum Gasteiger partial charge on any atom is 0.261 e. The van der Waals surface area contributed by atoms with E-state index < -0.39 is 40.5 Å². The van der Waals surface area contributed by atoms with Crippen molar-refractivity contribution < 1.29 is 27.1 Å². The number of hydrogen-bond acceptors (Lipinski definition) is 3. The van der Waals surface area contributed by atoms with Crippen molar-refractivity contribution in [1.82, 2.24) is 4.98 Å². The molecule has 1 heterocycles. The van der Waals surface area contributed by atoms with Gasteiger partial charge in [-0.05, 0) is 37.3 Å². The Labute approximate surface area is 161 Å². The summed E-state index contributed by atoms with van der Waals surface area (Å²) in [5, 5.41) is 2.27. The van der Waals surface area contributed by atoms with Crippen LogP contribution in [0.3, 0.4) is 0 Å². The molecule has 1 N–H and O–H groups in total. The number of aromatic nitrogens is 1. The average molecular weight is 411 g/mol. The first-order chi connectivity index (χ1) is 13.3. The SMILES string of the molecule is Cc1c(F)c(F)cc(Oc2ncccc2C(=O)Nc2ccc(F)c(Cl)c2)c1F. The highest BCUT2D eigenvalue weighted by atomic mass is 35.5. The molecular formula is C19H11ClF4N2O2. The summed E-state index contributed by atoms with van der Waals surface area (Å²) in [5.41, 5.74) is -0.497. The molecule has 4 nitrogen and oxygen atoms in total. The van der Waals surface area contributed by atoms with Gasteiger partial charge < -0.3 is 10.1 Å². The molecule has 0 spiro atoms. The first kappa shape index (κ1) is 19.6. The summed E-state index contributed by atoms with van der Waals surface area (Å²) in [6, 6.07) is 6.82. The highest BCUT2D eigenvalue weighted by Crippen LogP contribution is 2.30. The van der Waals surface area contributed by atoms with Crippen LogP contribution in [0.2, 0.25) is 5.02 Å². The van der Waals surface area contributed by atoms with E-state index in [1.807, 2.05) is 0 Å². The minimum Gasteiger partial charge on any atom is -0.435 e. The van der Waals surface area contributed by atoms with Gasteiger partial charge in [0.05, 0.1) is 5.02 Å². The van der Waals surface area contributed by atoms with Crippen LogP contribution in [-0.2, 0) is 0 Å². The van der Waals surface area contributed by atoms with E-state index in [1.165, 1.54) is 30.5 Å². The Morgan fingerprint density at radius 1 is 1.07 bits per heavy atom. The minimum absolute atomic E-state index is 0.121. The lowest BCUT2D eigenvalue weighted by Gasteiger charge is -2.12.